The number of benzene rings is 1. The lowest BCUT2D eigenvalue weighted by atomic mass is 10.0. The quantitative estimate of drug-likeness (QED) is 0.540. The first kappa shape index (κ1) is 16.4. The second-order valence-electron chi connectivity index (χ2n) is 6.24. The molecular formula is C19H16N2O5. The maximum absolute atomic E-state index is 12.9. The summed E-state index contributed by atoms with van der Waals surface area (Å²) in [5.74, 6) is 0.144. The van der Waals surface area contributed by atoms with Gasteiger partial charge in [-0.05, 0) is 30.3 Å². The molecule has 1 aliphatic rings. The molecule has 0 saturated heterocycles. The van der Waals surface area contributed by atoms with Crippen molar-refractivity contribution in [3.05, 3.63) is 57.4 Å². The molecule has 3 aromatic rings. The highest BCUT2D eigenvalue weighted by Crippen LogP contribution is 2.34. The Hall–Kier alpha value is -3.03. The molecule has 26 heavy (non-hydrogen) atoms. The maximum Gasteiger partial charge on any atom is 0.257 e. The summed E-state index contributed by atoms with van der Waals surface area (Å²) in [5.41, 5.74) is 2.87. The number of pyridine rings is 2. The Morgan fingerprint density at radius 2 is 2.15 bits per heavy atom. The van der Waals surface area contributed by atoms with Gasteiger partial charge in [-0.1, -0.05) is 0 Å². The summed E-state index contributed by atoms with van der Waals surface area (Å²) in [6.07, 6.45) is -1.02. The van der Waals surface area contributed by atoms with Crippen molar-refractivity contribution >= 4 is 17.2 Å². The second-order valence-corrected chi connectivity index (χ2v) is 6.24. The third-order valence-electron chi connectivity index (χ3n) is 4.62. The van der Waals surface area contributed by atoms with Crippen LogP contribution >= 0.6 is 0 Å². The van der Waals surface area contributed by atoms with E-state index >= 15 is 0 Å². The van der Waals surface area contributed by atoms with Gasteiger partial charge in [-0.15, -0.1) is 0 Å². The molecule has 1 atom stereocenters. The molecular weight excluding hydrogens is 336 g/mol. The highest BCUT2D eigenvalue weighted by molar-refractivity contribution is 5.85. The van der Waals surface area contributed by atoms with Crippen LogP contribution in [0, 0.1) is 0 Å². The Labute approximate surface area is 148 Å². The molecule has 2 aromatic heterocycles. The Balaban J connectivity index is 1.98. The third-order valence-corrected chi connectivity index (χ3v) is 4.62. The van der Waals surface area contributed by atoms with Gasteiger partial charge in [0.15, 0.2) is 6.29 Å². The summed E-state index contributed by atoms with van der Waals surface area (Å²) in [4.78, 5) is 28.6. The topological polar surface area (TPSA) is 102 Å². The number of phenols is 1. The zero-order valence-corrected chi connectivity index (χ0v) is 14.0. The van der Waals surface area contributed by atoms with Crippen molar-refractivity contribution in [3.63, 3.8) is 0 Å². The Morgan fingerprint density at radius 3 is 2.88 bits per heavy atom. The first-order valence-electron chi connectivity index (χ1n) is 8.05. The number of fused-ring (bicyclic) bond motifs is 4. The molecule has 7 heteroatoms. The summed E-state index contributed by atoms with van der Waals surface area (Å²) in [7, 11) is 1.45. The number of carbonyl (C=O) groups excluding carboxylic acids is 1. The monoisotopic (exact) mass is 352 g/mol. The molecule has 0 amide bonds. The highest BCUT2D eigenvalue weighted by Gasteiger charge is 2.27. The molecule has 4 rings (SSSR count). The molecule has 7 nitrogen and oxygen atoms in total. The fourth-order valence-electron chi connectivity index (χ4n) is 3.41. The van der Waals surface area contributed by atoms with Gasteiger partial charge in [0, 0.05) is 29.2 Å². The minimum absolute atomic E-state index is 0.00102. The summed E-state index contributed by atoms with van der Waals surface area (Å²) in [6.45, 7) is 0.329. The largest absolute Gasteiger partial charge is 0.508 e. The molecule has 0 radical (unpaired) electrons. The lowest BCUT2D eigenvalue weighted by Crippen LogP contribution is -2.26. The van der Waals surface area contributed by atoms with E-state index in [4.69, 9.17) is 4.74 Å². The number of carbonyl (C=O) groups is 1. The zero-order chi connectivity index (χ0) is 18.4. The van der Waals surface area contributed by atoms with Crippen molar-refractivity contribution in [2.45, 2.75) is 19.3 Å². The predicted octanol–water partition coefficient (Wildman–Crippen LogP) is 1.51. The van der Waals surface area contributed by atoms with Crippen molar-refractivity contribution in [1.29, 1.82) is 0 Å². The minimum atomic E-state index is -1.40. The standard InChI is InChI=1S/C19H16N2O5/c1-26-9-14-13(17(24)8-22)6-16-18-11(7-21(16)19(14)25)4-10-5-12(23)2-3-15(10)20-18/h2-6,8,17,23-24H,7,9H2,1H3. The van der Waals surface area contributed by atoms with E-state index in [9.17, 15) is 19.8 Å². The van der Waals surface area contributed by atoms with Crippen LogP contribution in [0.1, 0.15) is 22.8 Å². The first-order chi connectivity index (χ1) is 12.5. The maximum atomic E-state index is 12.9. The lowest BCUT2D eigenvalue weighted by molar-refractivity contribution is -0.115. The van der Waals surface area contributed by atoms with Gasteiger partial charge in [0.1, 0.15) is 11.9 Å². The summed E-state index contributed by atoms with van der Waals surface area (Å²) in [5, 5.41) is 20.5. The molecule has 1 aliphatic heterocycles. The van der Waals surface area contributed by atoms with Gasteiger partial charge in [-0.2, -0.15) is 0 Å². The molecule has 0 spiro atoms. The fraction of sp³-hybridized carbons (Fsp3) is 0.211. The molecule has 3 heterocycles. The van der Waals surface area contributed by atoms with Gasteiger partial charge >= 0.3 is 0 Å². The van der Waals surface area contributed by atoms with Crippen LogP contribution in [0.4, 0.5) is 0 Å². The van der Waals surface area contributed by atoms with Crippen LogP contribution in [0.3, 0.4) is 0 Å². The molecule has 0 aliphatic carbocycles. The van der Waals surface area contributed by atoms with Gasteiger partial charge < -0.3 is 24.3 Å². The molecule has 2 N–H and O–H groups in total. The van der Waals surface area contributed by atoms with Crippen LogP contribution in [0.15, 0.2) is 35.1 Å². The Kier molecular flexibility index (Phi) is 3.82. The van der Waals surface area contributed by atoms with Gasteiger partial charge in [0.25, 0.3) is 5.56 Å². The number of methoxy groups -OCH3 is 1. The SMILES string of the molecule is COCc1c(C(O)C=O)cc2n(c1=O)Cc1cc3cc(O)ccc3nc1-2. The Bertz CT molecular complexity index is 1100. The van der Waals surface area contributed by atoms with E-state index in [0.717, 1.165) is 10.9 Å². The van der Waals surface area contributed by atoms with Crippen molar-refractivity contribution in [3.8, 4) is 17.1 Å². The molecule has 0 bridgehead atoms. The Morgan fingerprint density at radius 1 is 1.35 bits per heavy atom. The number of aromatic hydroxyl groups is 1. The molecule has 0 saturated carbocycles. The number of aldehydes is 1. The van der Waals surface area contributed by atoms with E-state index in [2.05, 4.69) is 4.98 Å². The van der Waals surface area contributed by atoms with Crippen molar-refractivity contribution < 1.29 is 19.7 Å². The molecule has 1 aromatic carbocycles. The second kappa shape index (κ2) is 6.05. The van der Waals surface area contributed by atoms with Crippen LogP contribution in [0.25, 0.3) is 22.3 Å². The van der Waals surface area contributed by atoms with Gasteiger partial charge in [-0.25, -0.2) is 4.98 Å². The number of aliphatic hydroxyl groups is 1. The summed E-state index contributed by atoms with van der Waals surface area (Å²) < 4.78 is 6.63. The number of ether oxygens (including phenoxy) is 1. The average molecular weight is 352 g/mol. The smallest absolute Gasteiger partial charge is 0.257 e. The van der Waals surface area contributed by atoms with E-state index in [1.807, 2.05) is 6.07 Å². The van der Waals surface area contributed by atoms with Gasteiger partial charge in [-0.3, -0.25) is 4.79 Å². The number of rotatable bonds is 4. The summed E-state index contributed by atoms with van der Waals surface area (Å²) in [6, 6.07) is 8.38. The van der Waals surface area contributed by atoms with Crippen molar-refractivity contribution in [2.24, 2.45) is 0 Å². The number of phenolic OH excluding ortho intramolecular Hbond substituents is 1. The predicted molar refractivity (Wildman–Crippen MR) is 93.9 cm³/mol. The fourth-order valence-corrected chi connectivity index (χ4v) is 3.41. The van der Waals surface area contributed by atoms with Gasteiger partial charge in [0.2, 0.25) is 0 Å². The molecule has 132 valence electrons. The van der Waals surface area contributed by atoms with E-state index in [-0.39, 0.29) is 29.0 Å². The number of aliphatic hydroxyl groups excluding tert-OH is 1. The number of hydrogen-bond donors (Lipinski definition) is 2. The third kappa shape index (κ3) is 2.40. The van der Waals surface area contributed by atoms with Crippen molar-refractivity contribution in [1.82, 2.24) is 9.55 Å². The number of hydrogen-bond acceptors (Lipinski definition) is 6. The summed E-state index contributed by atoms with van der Waals surface area (Å²) >= 11 is 0. The first-order valence-corrected chi connectivity index (χ1v) is 8.05. The highest BCUT2D eigenvalue weighted by atomic mass is 16.5. The molecule has 1 unspecified atom stereocenters. The van der Waals surface area contributed by atoms with E-state index in [0.29, 0.717) is 29.7 Å². The van der Waals surface area contributed by atoms with Gasteiger partial charge in [0.05, 0.1) is 30.1 Å². The van der Waals surface area contributed by atoms with Crippen LogP contribution in [0.2, 0.25) is 0 Å². The number of nitrogens with zero attached hydrogens (tertiary/aromatic N) is 2. The van der Waals surface area contributed by atoms with E-state index in [1.54, 1.807) is 28.8 Å². The van der Waals surface area contributed by atoms with Crippen LogP contribution in [-0.2, 0) is 22.7 Å². The van der Waals surface area contributed by atoms with Crippen LogP contribution in [-0.4, -0.2) is 33.2 Å². The average Bonchev–Trinajstić information content (AvgIpc) is 2.99. The number of aromatic nitrogens is 2. The van der Waals surface area contributed by atoms with Crippen molar-refractivity contribution in [2.75, 3.05) is 7.11 Å². The zero-order valence-electron chi connectivity index (χ0n) is 14.0. The van der Waals surface area contributed by atoms with E-state index < -0.39 is 6.10 Å². The van der Waals surface area contributed by atoms with Crippen LogP contribution in [0.5, 0.6) is 5.75 Å². The molecule has 0 fully saturated rings. The normalized spacial score (nSPS) is 13.5. The minimum Gasteiger partial charge on any atom is -0.508 e. The van der Waals surface area contributed by atoms with E-state index in [1.165, 1.54) is 7.11 Å². The lowest BCUT2D eigenvalue weighted by Gasteiger charge is -2.14. The van der Waals surface area contributed by atoms with Crippen LogP contribution < -0.4 is 5.56 Å².